The van der Waals surface area contributed by atoms with Gasteiger partial charge in [-0.05, 0) is 66.9 Å². The Morgan fingerprint density at radius 2 is 1.97 bits per heavy atom. The van der Waals surface area contributed by atoms with Crippen molar-refractivity contribution in [3.8, 4) is 0 Å². The first-order valence-corrected chi connectivity index (χ1v) is 13.5. The highest BCUT2D eigenvalue weighted by Crippen LogP contribution is 2.34. The van der Waals surface area contributed by atoms with Gasteiger partial charge in [0.1, 0.15) is 0 Å². The van der Waals surface area contributed by atoms with Crippen LogP contribution in [0.3, 0.4) is 0 Å². The van der Waals surface area contributed by atoms with Gasteiger partial charge in [-0.3, -0.25) is 4.68 Å². The topological polar surface area (TPSA) is 93.9 Å². The number of hydrogen-bond acceptors (Lipinski definition) is 5. The highest BCUT2D eigenvalue weighted by molar-refractivity contribution is 7.91. The fourth-order valence-corrected chi connectivity index (χ4v) is 6.18. The number of nitrogens with zero attached hydrogens (tertiary/aromatic N) is 5. The maximum Gasteiger partial charge on any atom is 0.343 e. The molecule has 1 atom stereocenters. The van der Waals surface area contributed by atoms with E-state index in [-0.39, 0.29) is 30.8 Å². The molecule has 34 heavy (non-hydrogen) atoms. The summed E-state index contributed by atoms with van der Waals surface area (Å²) in [6, 6.07) is 3.80. The molecular formula is C24H35ClN5O3S-. The van der Waals surface area contributed by atoms with Crippen LogP contribution in [-0.2, 0) is 23.7 Å². The standard InChI is InChI=1S/C24H36ClN5O3S/c1-16(2)20-9-10-22(25)24(17(3)4)21(20)12-23(31)27-34(32,33)30(19-13-26-29(6)14-19)15-18-8-7-11-28(18)5/h9-10,13-14,16-18H,7-8,11-12,15H2,1-6H3,(H,27,31)/p-1/t18-/m0/s1. The first kappa shape index (κ1) is 26.5. The summed E-state index contributed by atoms with van der Waals surface area (Å²) in [5, 5.41) is 17.8. The van der Waals surface area contributed by atoms with Crippen molar-refractivity contribution in [1.29, 1.82) is 0 Å². The molecule has 0 unspecified atom stereocenters. The highest BCUT2D eigenvalue weighted by atomic mass is 35.5. The third kappa shape index (κ3) is 5.93. The Labute approximate surface area is 208 Å². The van der Waals surface area contributed by atoms with Crippen LogP contribution in [0.1, 0.15) is 69.1 Å². The van der Waals surface area contributed by atoms with Crippen LogP contribution in [0.25, 0.3) is 0 Å². The van der Waals surface area contributed by atoms with Gasteiger partial charge >= 0.3 is 10.2 Å². The quantitative estimate of drug-likeness (QED) is 0.382. The molecule has 2 aromatic rings. The summed E-state index contributed by atoms with van der Waals surface area (Å²) in [6.45, 7) is 9.22. The minimum absolute atomic E-state index is 0.0494. The molecule has 0 saturated carbocycles. The summed E-state index contributed by atoms with van der Waals surface area (Å²) in [6.07, 6.45) is 4.87. The lowest BCUT2D eigenvalue weighted by atomic mass is 9.87. The van der Waals surface area contributed by atoms with E-state index in [2.05, 4.69) is 14.4 Å². The van der Waals surface area contributed by atoms with E-state index in [1.54, 1.807) is 13.2 Å². The number of halogens is 1. The molecule has 0 radical (unpaired) electrons. The number of aryl methyl sites for hydroxylation is 1. The Balaban J connectivity index is 1.99. The zero-order valence-electron chi connectivity index (χ0n) is 20.8. The number of hydrogen-bond donors (Lipinski definition) is 0. The SMILES string of the molecule is CC(C)c1ccc(Cl)c(C(C)C)c1C/C([O-])=N/S(=O)(=O)N(C[C@@H]1CCCN1C)c1cnn(C)c1. The van der Waals surface area contributed by atoms with Crippen molar-refractivity contribution >= 4 is 33.4 Å². The molecule has 1 fully saturated rings. The lowest BCUT2D eigenvalue weighted by Crippen LogP contribution is -2.42. The van der Waals surface area contributed by atoms with Crippen molar-refractivity contribution in [2.24, 2.45) is 11.4 Å². The van der Waals surface area contributed by atoms with Crippen molar-refractivity contribution in [3.05, 3.63) is 46.2 Å². The van der Waals surface area contributed by atoms with Crippen LogP contribution in [0.5, 0.6) is 0 Å². The molecule has 3 rings (SSSR count). The van der Waals surface area contributed by atoms with Crippen LogP contribution in [0.4, 0.5) is 5.69 Å². The lowest BCUT2D eigenvalue weighted by molar-refractivity contribution is -0.217. The normalized spacial score (nSPS) is 17.8. The predicted molar refractivity (Wildman–Crippen MR) is 136 cm³/mol. The average molecular weight is 509 g/mol. The van der Waals surface area contributed by atoms with Gasteiger partial charge in [0, 0.05) is 30.7 Å². The monoisotopic (exact) mass is 508 g/mol. The zero-order valence-corrected chi connectivity index (χ0v) is 22.4. The van der Waals surface area contributed by atoms with Gasteiger partial charge in [0.25, 0.3) is 0 Å². The molecular weight excluding hydrogens is 474 g/mol. The second kappa shape index (κ2) is 10.7. The second-order valence-electron chi connectivity index (χ2n) is 9.66. The lowest BCUT2D eigenvalue weighted by Gasteiger charge is -2.28. The van der Waals surface area contributed by atoms with Gasteiger partial charge < -0.3 is 10.0 Å². The third-order valence-electron chi connectivity index (χ3n) is 6.39. The van der Waals surface area contributed by atoms with Crippen molar-refractivity contribution in [3.63, 3.8) is 0 Å². The summed E-state index contributed by atoms with van der Waals surface area (Å²) >= 11 is 6.48. The van der Waals surface area contributed by atoms with Crippen LogP contribution in [0.15, 0.2) is 28.9 Å². The van der Waals surface area contributed by atoms with Crippen molar-refractivity contribution < 1.29 is 13.5 Å². The molecule has 0 aliphatic carbocycles. The third-order valence-corrected chi connectivity index (χ3v) is 8.07. The zero-order chi connectivity index (χ0) is 25.2. The summed E-state index contributed by atoms with van der Waals surface area (Å²) < 4.78 is 33.3. The van der Waals surface area contributed by atoms with E-state index in [0.717, 1.165) is 36.1 Å². The first-order valence-electron chi connectivity index (χ1n) is 11.7. The summed E-state index contributed by atoms with van der Waals surface area (Å²) in [5.41, 5.74) is 3.01. The molecule has 188 valence electrons. The predicted octanol–water partition coefficient (Wildman–Crippen LogP) is 3.47. The fraction of sp³-hybridized carbons (Fsp3) is 0.583. The largest absolute Gasteiger partial charge is 0.861 e. The summed E-state index contributed by atoms with van der Waals surface area (Å²) in [4.78, 5) is 2.14. The summed E-state index contributed by atoms with van der Waals surface area (Å²) in [5.74, 6) is -0.478. The Bertz CT molecular complexity index is 1140. The van der Waals surface area contributed by atoms with E-state index in [1.807, 2.05) is 46.9 Å². The molecule has 1 saturated heterocycles. The van der Waals surface area contributed by atoms with Crippen LogP contribution >= 0.6 is 11.6 Å². The molecule has 1 aromatic heterocycles. The maximum atomic E-state index is 13.4. The number of likely N-dealkylation sites (N-methyl/N-ethyl adjacent to an activating group) is 1. The van der Waals surface area contributed by atoms with Gasteiger partial charge in [-0.15, -0.1) is 0 Å². The van der Waals surface area contributed by atoms with E-state index in [0.29, 0.717) is 10.7 Å². The van der Waals surface area contributed by atoms with E-state index in [1.165, 1.54) is 15.2 Å². The molecule has 1 aliphatic rings. The Hall–Kier alpha value is -2.10. The van der Waals surface area contributed by atoms with Gasteiger partial charge in [-0.2, -0.15) is 17.9 Å². The molecule has 0 N–H and O–H groups in total. The van der Waals surface area contributed by atoms with E-state index in [9.17, 15) is 13.5 Å². The van der Waals surface area contributed by atoms with Crippen molar-refractivity contribution in [2.45, 2.75) is 64.8 Å². The van der Waals surface area contributed by atoms with E-state index >= 15 is 0 Å². The minimum atomic E-state index is -4.27. The number of rotatable bonds is 9. The first-order chi connectivity index (χ1) is 15.9. The Kier molecular flexibility index (Phi) is 8.31. The number of anilines is 1. The van der Waals surface area contributed by atoms with Crippen molar-refractivity contribution in [2.75, 3.05) is 24.4 Å². The summed E-state index contributed by atoms with van der Waals surface area (Å²) in [7, 11) is -0.572. The highest BCUT2D eigenvalue weighted by Gasteiger charge is 2.30. The molecule has 1 aliphatic heterocycles. The average Bonchev–Trinajstić information content (AvgIpc) is 3.32. The molecule has 10 heteroatoms. The van der Waals surface area contributed by atoms with Crippen LogP contribution < -0.4 is 9.41 Å². The van der Waals surface area contributed by atoms with E-state index < -0.39 is 16.1 Å². The van der Waals surface area contributed by atoms with E-state index in [4.69, 9.17) is 11.6 Å². The smallest absolute Gasteiger partial charge is 0.343 e. The molecule has 1 aromatic carbocycles. The van der Waals surface area contributed by atoms with Gasteiger partial charge in [0.15, 0.2) is 0 Å². The molecule has 2 heterocycles. The molecule has 8 nitrogen and oxygen atoms in total. The second-order valence-corrected chi connectivity index (χ2v) is 11.6. The van der Waals surface area contributed by atoms with Gasteiger partial charge in [-0.1, -0.05) is 45.4 Å². The van der Waals surface area contributed by atoms with Crippen LogP contribution in [0, 0.1) is 0 Å². The molecule has 0 spiro atoms. The van der Waals surface area contributed by atoms with Gasteiger partial charge in [0.05, 0.1) is 18.4 Å². The van der Waals surface area contributed by atoms with Gasteiger partial charge in [-0.25, -0.2) is 4.31 Å². The molecule has 0 bridgehead atoms. The Morgan fingerprint density at radius 3 is 2.50 bits per heavy atom. The van der Waals surface area contributed by atoms with Crippen LogP contribution in [-0.4, -0.2) is 55.2 Å². The number of benzene rings is 1. The van der Waals surface area contributed by atoms with Gasteiger partial charge in [0.2, 0.25) is 0 Å². The fourth-order valence-electron chi connectivity index (χ4n) is 4.65. The van der Waals surface area contributed by atoms with Crippen LogP contribution in [0.2, 0.25) is 5.02 Å². The number of likely N-dealkylation sites (tertiary alicyclic amines) is 1. The maximum absolute atomic E-state index is 13.4. The molecule has 0 amide bonds. The number of aromatic nitrogens is 2. The minimum Gasteiger partial charge on any atom is -0.861 e. The van der Waals surface area contributed by atoms with Crippen molar-refractivity contribution in [1.82, 2.24) is 14.7 Å². The Morgan fingerprint density at radius 1 is 1.26 bits per heavy atom.